The van der Waals surface area contributed by atoms with E-state index in [2.05, 4.69) is 240 Å². The van der Waals surface area contributed by atoms with Crippen LogP contribution >= 0.6 is 0 Å². The van der Waals surface area contributed by atoms with Crippen molar-refractivity contribution in [1.82, 2.24) is 4.57 Å². The minimum absolute atomic E-state index is 1.07. The van der Waals surface area contributed by atoms with E-state index in [0.717, 1.165) is 39.4 Å². The Kier molecular flexibility index (Phi) is 8.19. The second kappa shape index (κ2) is 14.1. The number of hydrogen-bond donors (Lipinski definition) is 0. The Bertz CT molecular complexity index is 3230. The number of hydrogen-bond acceptors (Lipinski definition) is 1. The maximum absolute atomic E-state index is 2.47. The molecule has 1 heterocycles. The van der Waals surface area contributed by atoms with Crippen LogP contribution in [0.15, 0.2) is 231 Å². The highest BCUT2D eigenvalue weighted by molar-refractivity contribution is 6.09. The van der Waals surface area contributed by atoms with E-state index in [1.165, 1.54) is 60.0 Å². The number of benzene rings is 10. The van der Waals surface area contributed by atoms with Crippen LogP contribution < -0.4 is 4.90 Å². The van der Waals surface area contributed by atoms with E-state index in [9.17, 15) is 0 Å². The fourth-order valence-corrected chi connectivity index (χ4v) is 8.76. The summed E-state index contributed by atoms with van der Waals surface area (Å²) in [5.41, 5.74) is 13.8. The van der Waals surface area contributed by atoms with Crippen molar-refractivity contribution in [3.63, 3.8) is 0 Å². The Labute approximate surface area is 338 Å². The molecule has 58 heavy (non-hydrogen) atoms. The molecule has 0 spiro atoms. The van der Waals surface area contributed by atoms with Gasteiger partial charge in [0, 0.05) is 33.3 Å². The van der Waals surface area contributed by atoms with Crippen molar-refractivity contribution in [2.24, 2.45) is 0 Å². The number of aromatic nitrogens is 1. The van der Waals surface area contributed by atoms with Gasteiger partial charge in [0.05, 0.1) is 22.4 Å². The highest BCUT2D eigenvalue weighted by Crippen LogP contribution is 2.47. The van der Waals surface area contributed by atoms with Crippen LogP contribution in [0.3, 0.4) is 0 Å². The summed E-state index contributed by atoms with van der Waals surface area (Å²) < 4.78 is 2.39. The highest BCUT2D eigenvalue weighted by atomic mass is 15.1. The van der Waals surface area contributed by atoms with Crippen LogP contribution in [0.25, 0.3) is 82.4 Å². The third-order valence-electron chi connectivity index (χ3n) is 11.6. The molecule has 0 radical (unpaired) electrons. The Hall–Kier alpha value is -7.68. The summed E-state index contributed by atoms with van der Waals surface area (Å²) in [6.45, 7) is 0. The molecular weight excluding hydrogens is 701 g/mol. The Morgan fingerprint density at radius 1 is 0.293 bits per heavy atom. The van der Waals surface area contributed by atoms with Gasteiger partial charge in [-0.1, -0.05) is 170 Å². The smallest absolute Gasteiger partial charge is 0.0546 e. The molecule has 1 aromatic heterocycles. The summed E-state index contributed by atoms with van der Waals surface area (Å²) in [5.74, 6) is 0. The van der Waals surface area contributed by atoms with Gasteiger partial charge < -0.3 is 9.47 Å². The molecule has 2 nitrogen and oxygen atoms in total. The summed E-state index contributed by atoms with van der Waals surface area (Å²) in [5, 5.41) is 7.43. The molecule has 0 saturated carbocycles. The zero-order valence-corrected chi connectivity index (χ0v) is 31.8. The molecule has 0 unspecified atom stereocenters. The molecule has 0 aliphatic carbocycles. The van der Waals surface area contributed by atoms with E-state index < -0.39 is 0 Å². The second-order valence-corrected chi connectivity index (χ2v) is 15.0. The first-order valence-electron chi connectivity index (χ1n) is 19.9. The van der Waals surface area contributed by atoms with E-state index in [1.54, 1.807) is 0 Å². The largest absolute Gasteiger partial charge is 0.309 e. The van der Waals surface area contributed by atoms with Crippen LogP contribution in [0.5, 0.6) is 0 Å². The average Bonchev–Trinajstić information content (AvgIpc) is 3.64. The van der Waals surface area contributed by atoms with Gasteiger partial charge in [-0.15, -0.1) is 0 Å². The molecule has 11 rings (SSSR count). The van der Waals surface area contributed by atoms with Gasteiger partial charge in [0.25, 0.3) is 0 Å². The number of nitrogens with zero attached hydrogens (tertiary/aromatic N) is 2. The quantitative estimate of drug-likeness (QED) is 0.158. The first-order chi connectivity index (χ1) is 28.8. The lowest BCUT2D eigenvalue weighted by atomic mass is 9.94. The number of fused-ring (bicyclic) bond motifs is 5. The van der Waals surface area contributed by atoms with Crippen molar-refractivity contribution >= 4 is 60.4 Å². The van der Waals surface area contributed by atoms with Crippen molar-refractivity contribution < 1.29 is 0 Å². The molecule has 11 aromatic rings. The molecule has 0 aliphatic rings. The monoisotopic (exact) mass is 738 g/mol. The first kappa shape index (κ1) is 33.6. The van der Waals surface area contributed by atoms with E-state index in [4.69, 9.17) is 0 Å². The van der Waals surface area contributed by atoms with Crippen LogP contribution in [0.2, 0.25) is 0 Å². The summed E-state index contributed by atoms with van der Waals surface area (Å²) in [7, 11) is 0. The molecule has 272 valence electrons. The lowest BCUT2D eigenvalue weighted by Crippen LogP contribution is -2.13. The molecule has 0 atom stereocenters. The fraction of sp³-hybridized carbons (Fsp3) is 0. The maximum atomic E-state index is 2.47. The number of para-hydroxylation sites is 3. The van der Waals surface area contributed by atoms with Gasteiger partial charge in [-0.3, -0.25) is 0 Å². The van der Waals surface area contributed by atoms with Crippen LogP contribution in [0, 0.1) is 0 Å². The highest BCUT2D eigenvalue weighted by Gasteiger charge is 2.22. The van der Waals surface area contributed by atoms with Crippen molar-refractivity contribution in [3.05, 3.63) is 231 Å². The van der Waals surface area contributed by atoms with E-state index in [1.807, 2.05) is 0 Å². The second-order valence-electron chi connectivity index (χ2n) is 15.0. The van der Waals surface area contributed by atoms with Gasteiger partial charge in [-0.2, -0.15) is 0 Å². The molecule has 0 bridgehead atoms. The average molecular weight is 739 g/mol. The zero-order valence-electron chi connectivity index (χ0n) is 31.8. The summed E-state index contributed by atoms with van der Waals surface area (Å²) in [6, 6.07) is 83.9. The molecule has 0 N–H and O–H groups in total. The van der Waals surface area contributed by atoms with Gasteiger partial charge in [-0.25, -0.2) is 0 Å². The van der Waals surface area contributed by atoms with E-state index >= 15 is 0 Å². The minimum atomic E-state index is 1.07. The molecule has 0 aliphatic heterocycles. The Balaban J connectivity index is 1.16. The molecule has 10 aromatic carbocycles. The van der Waals surface area contributed by atoms with Gasteiger partial charge in [-0.05, 0) is 104 Å². The van der Waals surface area contributed by atoms with Gasteiger partial charge in [0.2, 0.25) is 0 Å². The Morgan fingerprint density at radius 3 is 1.48 bits per heavy atom. The lowest BCUT2D eigenvalue weighted by molar-refractivity contribution is 1.17. The van der Waals surface area contributed by atoms with Crippen LogP contribution in [0.1, 0.15) is 0 Å². The third kappa shape index (κ3) is 5.82. The summed E-state index contributed by atoms with van der Waals surface area (Å²) >= 11 is 0. The maximum Gasteiger partial charge on any atom is 0.0546 e. The van der Waals surface area contributed by atoms with Gasteiger partial charge in [0.15, 0.2) is 0 Å². The number of rotatable bonds is 7. The fourth-order valence-electron chi connectivity index (χ4n) is 8.76. The minimum Gasteiger partial charge on any atom is -0.309 e. The van der Waals surface area contributed by atoms with E-state index in [-0.39, 0.29) is 0 Å². The lowest BCUT2D eigenvalue weighted by Gasteiger charge is -2.30. The van der Waals surface area contributed by atoms with Crippen LogP contribution in [-0.4, -0.2) is 4.57 Å². The molecule has 0 amide bonds. The van der Waals surface area contributed by atoms with Crippen molar-refractivity contribution in [2.45, 2.75) is 0 Å². The topological polar surface area (TPSA) is 8.17 Å². The third-order valence-corrected chi connectivity index (χ3v) is 11.6. The predicted molar refractivity (Wildman–Crippen MR) is 247 cm³/mol. The summed E-state index contributed by atoms with van der Waals surface area (Å²) in [4.78, 5) is 2.47. The molecule has 2 heteroatoms. The first-order valence-corrected chi connectivity index (χ1v) is 19.9. The van der Waals surface area contributed by atoms with Crippen LogP contribution in [-0.2, 0) is 0 Å². The predicted octanol–water partition coefficient (Wildman–Crippen LogP) is 15.6. The van der Waals surface area contributed by atoms with Gasteiger partial charge in [0.1, 0.15) is 0 Å². The van der Waals surface area contributed by atoms with E-state index in [0.29, 0.717) is 0 Å². The molecular formula is C56H38N2. The van der Waals surface area contributed by atoms with Gasteiger partial charge >= 0.3 is 0 Å². The van der Waals surface area contributed by atoms with Crippen molar-refractivity contribution in [2.75, 3.05) is 4.90 Å². The molecule has 0 saturated heterocycles. The molecule has 0 fully saturated rings. The Morgan fingerprint density at radius 2 is 0.793 bits per heavy atom. The number of anilines is 3. The van der Waals surface area contributed by atoms with Crippen molar-refractivity contribution in [3.8, 4) is 39.1 Å². The normalized spacial score (nSPS) is 11.4. The standard InChI is InChI=1S/C56H38N2/c1-2-16-41(17-3-1)49-20-8-11-23-53(49)58(48-33-31-47(32-34-48)57-54-24-12-9-21-51(54)52-22-10-13-25-55(52)57)56-38-45(44-28-26-39-14-4-6-18-42(39)36-44)30-35-50(56)46-29-27-40-15-5-7-19-43(40)37-46/h1-38H. The van der Waals surface area contributed by atoms with Crippen LogP contribution in [0.4, 0.5) is 17.1 Å². The summed E-state index contributed by atoms with van der Waals surface area (Å²) in [6.07, 6.45) is 0. The zero-order chi connectivity index (χ0) is 38.4. The van der Waals surface area contributed by atoms with Crippen molar-refractivity contribution in [1.29, 1.82) is 0 Å². The SMILES string of the molecule is c1ccc(-c2ccccc2N(c2ccc(-n3c4ccccc4c4ccccc43)cc2)c2cc(-c3ccc4ccccc4c3)ccc2-c2ccc3ccccc3c2)cc1.